The van der Waals surface area contributed by atoms with Crippen molar-refractivity contribution < 1.29 is 14.7 Å². The van der Waals surface area contributed by atoms with Crippen molar-refractivity contribution in [3.05, 3.63) is 328 Å². The van der Waals surface area contributed by atoms with E-state index in [2.05, 4.69) is 259 Å². The molecule has 8 unspecified atom stereocenters. The summed E-state index contributed by atoms with van der Waals surface area (Å²) < 4.78 is -2.85. The van der Waals surface area contributed by atoms with Crippen LogP contribution in [-0.4, -0.2) is 17.6 Å². The molecule has 418 valence electrons. The van der Waals surface area contributed by atoms with Crippen molar-refractivity contribution in [1.29, 1.82) is 0 Å². The summed E-state index contributed by atoms with van der Waals surface area (Å²) in [5.74, 6) is -0.263. The van der Waals surface area contributed by atoms with E-state index in [1.165, 1.54) is 89.1 Å². The standard InChI is InChI=1S/2C37H34Cl2Si.2ClH.Hf/c2*1-4-24-22-34-30(26-14-18-28(38)19-15-26)10-6-8-12-32(34)36(24)40(3)37-25(5-2)23-35-31(11-7-9-13-33(35)37)27-16-20-29(39)21-17-27;;;/h2*6-23,30-31,40H,4-5H2,1-3H3;2*1H;/q;;;;+2/p-2. The molecule has 2 aliphatic heterocycles. The Morgan fingerprint density at radius 1 is 0.337 bits per heavy atom. The number of rotatable bonds is 8. The van der Waals surface area contributed by atoms with E-state index in [0.29, 0.717) is 0 Å². The normalized spacial score (nSPS) is 33.9. The van der Waals surface area contributed by atoms with E-state index in [-0.39, 0.29) is 23.7 Å². The second-order valence-corrected chi connectivity index (χ2v) is 81.0. The van der Waals surface area contributed by atoms with E-state index in [9.17, 15) is 17.2 Å². The van der Waals surface area contributed by atoms with Crippen LogP contribution in [-0.2, 0) is 14.7 Å². The fourth-order valence-corrected chi connectivity index (χ4v) is 192. The topological polar surface area (TPSA) is 0 Å². The monoisotopic (exact) mass is 1400 g/mol. The van der Waals surface area contributed by atoms with Gasteiger partial charge in [-0.15, -0.1) is 0 Å². The molecule has 14 rings (SSSR count). The molecule has 0 radical (unpaired) electrons. The van der Waals surface area contributed by atoms with Gasteiger partial charge < -0.3 is 0 Å². The van der Waals surface area contributed by atoms with Gasteiger partial charge >= 0.3 is 525 Å². The average molecular weight is 1400 g/mol. The molecule has 0 amide bonds. The molecule has 5 spiro atoms. The zero-order valence-corrected chi connectivity index (χ0v) is 58.3. The summed E-state index contributed by atoms with van der Waals surface area (Å²) >= 11 is 19.2. The molecule has 8 atom stereocenters. The minimum atomic E-state index is -7.88. The van der Waals surface area contributed by atoms with Gasteiger partial charge in [-0.05, 0) is 0 Å². The third-order valence-corrected chi connectivity index (χ3v) is 140. The van der Waals surface area contributed by atoms with Gasteiger partial charge in [0.25, 0.3) is 0 Å². The fourth-order valence-electron chi connectivity index (χ4n) is 21.2. The second kappa shape index (κ2) is 19.6. The summed E-state index contributed by atoms with van der Waals surface area (Å²) in [6.45, 7) is 15.2. The van der Waals surface area contributed by atoms with Crippen LogP contribution >= 0.6 is 63.6 Å². The zero-order chi connectivity index (χ0) is 57.7. The number of fused-ring (bicyclic) bond motifs is 8. The van der Waals surface area contributed by atoms with Crippen molar-refractivity contribution in [2.24, 2.45) is 0 Å². The van der Waals surface area contributed by atoms with Gasteiger partial charge in [0.15, 0.2) is 0 Å². The average Bonchev–Trinajstić information content (AvgIpc) is 1.53. The Balaban J connectivity index is 1.24. The molecule has 0 bridgehead atoms. The predicted molar refractivity (Wildman–Crippen MR) is 360 cm³/mol. The van der Waals surface area contributed by atoms with Crippen molar-refractivity contribution in [2.75, 3.05) is 0 Å². The first-order valence-electron chi connectivity index (χ1n) is 30.1. The van der Waals surface area contributed by atoms with E-state index in [4.69, 9.17) is 46.4 Å². The van der Waals surface area contributed by atoms with Crippen molar-refractivity contribution >= 4 is 81.2 Å². The van der Waals surface area contributed by atoms with Crippen LogP contribution in [0, 0.1) is 0 Å². The molecule has 2 heterocycles. The van der Waals surface area contributed by atoms with Crippen LogP contribution in [0.5, 0.6) is 0 Å². The maximum absolute atomic E-state index is 11.5. The van der Waals surface area contributed by atoms with Crippen molar-refractivity contribution in [3.8, 4) is 0 Å². The molecule has 0 nitrogen and oxygen atoms in total. The summed E-state index contributed by atoms with van der Waals surface area (Å²) in [6.07, 6.45) is 52.3. The molecular formula is C74H68Cl6HfSi2. The summed E-state index contributed by atoms with van der Waals surface area (Å²) in [5.41, 5.74) is 21.4. The first-order chi connectivity index (χ1) is 40.1. The van der Waals surface area contributed by atoms with E-state index in [1.807, 2.05) is 0 Å². The Bertz CT molecular complexity index is 3540. The van der Waals surface area contributed by atoms with Gasteiger partial charge in [-0.25, -0.2) is 0 Å². The SMILES string of the molecule is CCC1=CC2=C(C=CC=CC2c2ccc(Cl)cc2)[C]12[SiH](C)[C]1(C(CC)=CC3=C1C=CC=CC3c1ccc(Cl)cc1)[Hf]21([Cl])([Cl])[C]2(C(CC)=CC3=C2C=CC=CC3c2ccc(Cl)cc2)[SiH](C)[C]12C(CC)=CC1=C2C=CC=CC1c1ccc(Cl)cc1. The van der Waals surface area contributed by atoms with Gasteiger partial charge in [0.05, 0.1) is 0 Å². The van der Waals surface area contributed by atoms with Gasteiger partial charge in [-0.1, -0.05) is 0 Å². The quantitative estimate of drug-likeness (QED) is 0.154. The molecule has 83 heavy (non-hydrogen) atoms. The summed E-state index contributed by atoms with van der Waals surface area (Å²) in [4.78, 5) is 0. The molecule has 10 aliphatic rings. The molecule has 9 heteroatoms. The number of hydrogen-bond acceptors (Lipinski definition) is 0. The molecule has 2 fully saturated rings. The van der Waals surface area contributed by atoms with Gasteiger partial charge in [0.2, 0.25) is 0 Å². The van der Waals surface area contributed by atoms with Crippen LogP contribution in [0.2, 0.25) is 44.4 Å². The minimum absolute atomic E-state index is 0.0658. The zero-order valence-electron chi connectivity index (χ0n) is 47.8. The van der Waals surface area contributed by atoms with Gasteiger partial charge in [-0.2, -0.15) is 0 Å². The Labute approximate surface area is 519 Å². The van der Waals surface area contributed by atoms with Crippen molar-refractivity contribution in [3.63, 3.8) is 0 Å². The van der Waals surface area contributed by atoms with Gasteiger partial charge in [0, 0.05) is 0 Å². The number of hydrogen-bond donors (Lipinski definition) is 0. The van der Waals surface area contributed by atoms with Crippen LogP contribution in [0.3, 0.4) is 0 Å². The van der Waals surface area contributed by atoms with Crippen molar-refractivity contribution in [1.82, 2.24) is 0 Å². The van der Waals surface area contributed by atoms with Crippen molar-refractivity contribution in [2.45, 2.75) is 101 Å². The molecule has 2 saturated heterocycles. The van der Waals surface area contributed by atoms with Crippen LogP contribution < -0.4 is 0 Å². The third-order valence-electron chi connectivity index (χ3n) is 22.9. The summed E-state index contributed by atoms with van der Waals surface area (Å²) in [7, 11) is 17.9. The molecular weight excluding hydrogens is 1340 g/mol. The second-order valence-electron chi connectivity index (χ2n) is 24.9. The van der Waals surface area contributed by atoms with Gasteiger partial charge in [-0.3, -0.25) is 0 Å². The molecule has 0 saturated carbocycles. The number of allylic oxidation sites excluding steroid dienone is 32. The summed E-state index contributed by atoms with van der Waals surface area (Å²) in [5, 5.41) is 2.91. The molecule has 4 aromatic rings. The number of halogens is 6. The Morgan fingerprint density at radius 2 is 0.542 bits per heavy atom. The molecule has 8 aliphatic carbocycles. The Morgan fingerprint density at radius 3 is 0.735 bits per heavy atom. The number of benzene rings is 4. The van der Waals surface area contributed by atoms with E-state index < -0.39 is 43.4 Å². The van der Waals surface area contributed by atoms with Crippen LogP contribution in [0.1, 0.15) is 99.3 Å². The Hall–Kier alpha value is -4.24. The van der Waals surface area contributed by atoms with E-state index in [1.54, 1.807) is 0 Å². The van der Waals surface area contributed by atoms with E-state index in [0.717, 1.165) is 45.8 Å². The first kappa shape index (κ1) is 56.6. The molecule has 4 aromatic carbocycles. The third kappa shape index (κ3) is 6.23. The first-order valence-corrected chi connectivity index (χ1v) is 52.3. The maximum atomic E-state index is 11.5. The predicted octanol–water partition coefficient (Wildman–Crippen LogP) is 22.9. The summed E-state index contributed by atoms with van der Waals surface area (Å²) in [6, 6.07) is 34.3. The Kier molecular flexibility index (Phi) is 13.4. The molecule has 0 N–H and O–H groups in total. The van der Waals surface area contributed by atoms with Crippen LogP contribution in [0.15, 0.2) is 285 Å². The van der Waals surface area contributed by atoms with Crippen LogP contribution in [0.25, 0.3) is 0 Å². The van der Waals surface area contributed by atoms with E-state index >= 15 is 0 Å². The molecule has 0 aromatic heterocycles. The van der Waals surface area contributed by atoms with Crippen LogP contribution in [0.4, 0.5) is 0 Å². The van der Waals surface area contributed by atoms with Gasteiger partial charge in [0.1, 0.15) is 0 Å². The fraction of sp³-hybridized carbons (Fsp3) is 0.243.